The molecule has 0 fully saturated rings. The molecular formula is C22H6F34O4S3. The summed E-state index contributed by atoms with van der Waals surface area (Å²) in [7, 11) is -18.6. The Kier molecular flexibility index (Phi) is 13.3. The van der Waals surface area contributed by atoms with Crippen molar-refractivity contribution < 1.29 is 166 Å². The van der Waals surface area contributed by atoms with Gasteiger partial charge in [0.25, 0.3) is 19.7 Å². The van der Waals surface area contributed by atoms with E-state index in [1.807, 2.05) is 0 Å². The molecule has 0 saturated carbocycles. The van der Waals surface area contributed by atoms with E-state index in [2.05, 4.69) is 0 Å². The standard InChI is InChI=1S/C22H6F34O4S3/c1-3-5(62(57,58)21(53,54)17(43,44)13(35,36)9(27,28)7(23,24)11(31,32)15(39,40)19(47,48)49)6(4(2)61-3)63(59,60)22(55,56)18(45,46)14(37,38)10(29,30)8(25,26)12(33,34)16(41,42)20(50,51)52/h1-2H3. The van der Waals surface area contributed by atoms with Gasteiger partial charge in [-0.2, -0.15) is 149 Å². The summed E-state index contributed by atoms with van der Waals surface area (Å²) >= 11 is -1.35. The summed E-state index contributed by atoms with van der Waals surface area (Å²) in [4.78, 5) is -13.4. The zero-order valence-corrected chi connectivity index (χ0v) is 30.2. The topological polar surface area (TPSA) is 68.3 Å². The molecule has 0 aliphatic rings. The highest BCUT2D eigenvalue weighted by Gasteiger charge is 2.98. The third-order valence-electron chi connectivity index (χ3n) is 7.75. The molecule has 0 radical (unpaired) electrons. The first-order valence-corrected chi connectivity index (χ1v) is 17.3. The van der Waals surface area contributed by atoms with E-state index in [0.717, 1.165) is 0 Å². The van der Waals surface area contributed by atoms with E-state index in [1.165, 1.54) is 0 Å². The number of thiophene rings is 1. The Morgan fingerprint density at radius 3 is 0.571 bits per heavy atom. The lowest BCUT2D eigenvalue weighted by Crippen LogP contribution is -2.75. The van der Waals surface area contributed by atoms with Crippen molar-refractivity contribution in [1.29, 1.82) is 0 Å². The first-order chi connectivity index (χ1) is 26.5. The molecule has 1 rings (SSSR count). The summed E-state index contributed by atoms with van der Waals surface area (Å²) in [6.45, 7) is -1.14. The van der Waals surface area contributed by atoms with Crippen LogP contribution in [-0.2, 0) is 19.7 Å². The SMILES string of the molecule is Cc1sc(C)c(S(=O)(=O)C(F)(F)C(F)(F)C(F)(F)C(F)(F)C(F)(F)C(F)(F)C(F)(F)C(F)(F)F)c1S(=O)(=O)C(F)(F)C(F)(F)C(F)(F)C(F)(F)C(F)(F)C(F)(F)C(F)(F)C(F)(F)F. The number of sulfone groups is 2. The van der Waals surface area contributed by atoms with Gasteiger partial charge in [-0.25, -0.2) is 16.8 Å². The van der Waals surface area contributed by atoms with E-state index in [0.29, 0.717) is 0 Å². The van der Waals surface area contributed by atoms with Gasteiger partial charge in [-0.1, -0.05) is 0 Å². The number of halogens is 34. The van der Waals surface area contributed by atoms with Crippen molar-refractivity contribution in [3.63, 3.8) is 0 Å². The lowest BCUT2D eigenvalue weighted by atomic mass is 9.91. The number of alkyl halides is 34. The number of hydrogen-bond acceptors (Lipinski definition) is 5. The maximum Gasteiger partial charge on any atom is 0.460 e. The van der Waals surface area contributed by atoms with E-state index in [1.54, 1.807) is 0 Å². The molecule has 0 aromatic carbocycles. The first-order valence-electron chi connectivity index (χ1n) is 13.6. The van der Waals surface area contributed by atoms with Gasteiger partial charge in [-0.05, 0) is 13.8 Å². The van der Waals surface area contributed by atoms with Crippen LogP contribution in [0.25, 0.3) is 0 Å². The van der Waals surface area contributed by atoms with Gasteiger partial charge in [-0.3, -0.25) is 0 Å². The molecule has 1 aromatic rings. The van der Waals surface area contributed by atoms with Crippen LogP contribution in [-0.4, -0.2) is 111 Å². The minimum Gasteiger partial charge on any atom is -0.217 e. The van der Waals surface area contributed by atoms with Crippen molar-refractivity contribution in [3.05, 3.63) is 9.75 Å². The lowest BCUT2D eigenvalue weighted by molar-refractivity contribution is -0.458. The van der Waals surface area contributed by atoms with Crippen LogP contribution in [0, 0.1) is 13.8 Å². The maximum absolute atomic E-state index is 14.9. The third-order valence-corrected chi connectivity index (χ3v) is 13.1. The van der Waals surface area contributed by atoms with Gasteiger partial charge in [-0.15, -0.1) is 11.3 Å². The van der Waals surface area contributed by atoms with Crippen LogP contribution in [0.3, 0.4) is 0 Å². The Balaban J connectivity index is 4.34. The van der Waals surface area contributed by atoms with Crippen LogP contribution in [0.4, 0.5) is 149 Å². The molecule has 1 heterocycles. The normalized spacial score (nSPS) is 16.8. The van der Waals surface area contributed by atoms with Gasteiger partial charge in [0.1, 0.15) is 9.79 Å². The molecule has 0 bridgehead atoms. The minimum absolute atomic E-state index is 0.568. The van der Waals surface area contributed by atoms with Gasteiger partial charge in [0.2, 0.25) is 0 Å². The fourth-order valence-corrected chi connectivity index (χ4v) is 9.70. The van der Waals surface area contributed by atoms with Crippen molar-refractivity contribution in [2.75, 3.05) is 0 Å². The molecule has 63 heavy (non-hydrogen) atoms. The van der Waals surface area contributed by atoms with E-state index in [9.17, 15) is 166 Å². The first kappa shape index (κ1) is 58.2. The van der Waals surface area contributed by atoms with Crippen molar-refractivity contribution in [2.24, 2.45) is 0 Å². The summed E-state index contributed by atoms with van der Waals surface area (Å²) in [6.07, 6.45) is -16.6. The second-order valence-corrected chi connectivity index (χ2v) is 17.1. The van der Waals surface area contributed by atoms with Crippen molar-refractivity contribution in [1.82, 2.24) is 0 Å². The quantitative estimate of drug-likeness (QED) is 0.155. The van der Waals surface area contributed by atoms with E-state index < -0.39 is 158 Å². The highest BCUT2D eigenvalue weighted by molar-refractivity contribution is 7.96. The molecule has 0 aliphatic carbocycles. The zero-order valence-electron chi connectivity index (χ0n) is 27.7. The fourth-order valence-electron chi connectivity index (χ4n) is 4.16. The van der Waals surface area contributed by atoms with Crippen LogP contribution in [0.15, 0.2) is 9.79 Å². The molecule has 0 atom stereocenters. The van der Waals surface area contributed by atoms with Gasteiger partial charge in [0.05, 0.1) is 0 Å². The van der Waals surface area contributed by atoms with Gasteiger partial charge < -0.3 is 0 Å². The average Bonchev–Trinajstić information content (AvgIpc) is 3.36. The molecule has 0 spiro atoms. The summed E-state index contributed by atoms with van der Waals surface area (Å²) in [5.74, 6) is -113. The zero-order chi connectivity index (χ0) is 52.0. The largest absolute Gasteiger partial charge is 0.460 e. The summed E-state index contributed by atoms with van der Waals surface area (Å²) < 4.78 is 516. The summed E-state index contributed by atoms with van der Waals surface area (Å²) in [5.41, 5.74) is 0. The Bertz CT molecular complexity index is 1990. The lowest BCUT2D eigenvalue weighted by Gasteiger charge is -2.42. The monoisotopic (exact) mass is 1080 g/mol. The number of aryl methyl sites for hydroxylation is 2. The van der Waals surface area contributed by atoms with E-state index in [-0.39, 0.29) is 0 Å². The second-order valence-electron chi connectivity index (χ2n) is 11.8. The molecule has 0 amide bonds. The Labute approximate surface area is 325 Å². The van der Waals surface area contributed by atoms with E-state index >= 15 is 0 Å². The van der Waals surface area contributed by atoms with Crippen LogP contribution in [0.2, 0.25) is 0 Å². The molecule has 0 unspecified atom stereocenters. The van der Waals surface area contributed by atoms with Gasteiger partial charge in [0, 0.05) is 9.75 Å². The predicted molar refractivity (Wildman–Crippen MR) is 130 cm³/mol. The molecule has 4 nitrogen and oxygen atoms in total. The Morgan fingerprint density at radius 2 is 0.413 bits per heavy atom. The van der Waals surface area contributed by atoms with Crippen LogP contribution < -0.4 is 0 Å². The fraction of sp³-hybridized carbons (Fsp3) is 0.818. The van der Waals surface area contributed by atoms with Crippen LogP contribution in [0.1, 0.15) is 9.75 Å². The third kappa shape index (κ3) is 6.77. The molecule has 0 saturated heterocycles. The minimum atomic E-state index is -9.63. The summed E-state index contributed by atoms with van der Waals surface area (Å²) in [6, 6.07) is 0. The second kappa shape index (κ2) is 14.4. The van der Waals surface area contributed by atoms with Crippen molar-refractivity contribution in [2.45, 2.75) is 118 Å². The van der Waals surface area contributed by atoms with Gasteiger partial charge >= 0.3 is 93.9 Å². The van der Waals surface area contributed by atoms with Crippen molar-refractivity contribution in [3.8, 4) is 0 Å². The smallest absolute Gasteiger partial charge is 0.217 e. The van der Waals surface area contributed by atoms with Gasteiger partial charge in [0.15, 0.2) is 0 Å². The number of rotatable bonds is 16. The molecule has 0 aliphatic heterocycles. The van der Waals surface area contributed by atoms with Crippen molar-refractivity contribution >= 4 is 31.0 Å². The molecule has 0 N–H and O–H groups in total. The average molecular weight is 1080 g/mol. The maximum atomic E-state index is 14.9. The number of hydrogen-bond donors (Lipinski definition) is 0. The Hall–Kier alpha value is -2.78. The Morgan fingerprint density at radius 1 is 0.270 bits per heavy atom. The molecule has 1 aromatic heterocycles. The van der Waals surface area contributed by atoms with Crippen LogP contribution >= 0.6 is 11.3 Å². The molecular weight excluding hydrogens is 1070 g/mol. The summed E-state index contributed by atoms with van der Waals surface area (Å²) in [5, 5.41) is -18.0. The highest BCUT2D eigenvalue weighted by atomic mass is 32.2. The van der Waals surface area contributed by atoms with Crippen LogP contribution in [0.5, 0.6) is 0 Å². The predicted octanol–water partition coefficient (Wildman–Crippen LogP) is 11.8. The highest BCUT2D eigenvalue weighted by Crippen LogP contribution is 2.67. The van der Waals surface area contributed by atoms with E-state index in [4.69, 9.17) is 0 Å². The molecule has 374 valence electrons. The molecule has 41 heteroatoms.